The molecule has 0 unspecified atom stereocenters. The van der Waals surface area contributed by atoms with Gasteiger partial charge in [0.15, 0.2) is 0 Å². The maximum Gasteiger partial charge on any atom is 0.307 e. The van der Waals surface area contributed by atoms with Crippen LogP contribution in [0.4, 0.5) is 0 Å². The molecule has 0 saturated heterocycles. The van der Waals surface area contributed by atoms with Crippen LogP contribution >= 0.6 is 11.6 Å². The molecule has 2 aromatic rings. The molecule has 22 heavy (non-hydrogen) atoms. The van der Waals surface area contributed by atoms with Crippen LogP contribution in [-0.4, -0.2) is 26.7 Å². The van der Waals surface area contributed by atoms with Crippen LogP contribution in [-0.2, 0) is 11.2 Å². The van der Waals surface area contributed by atoms with E-state index in [-0.39, 0.29) is 29.0 Å². The first kappa shape index (κ1) is 14.9. The highest BCUT2D eigenvalue weighted by molar-refractivity contribution is 6.32. The van der Waals surface area contributed by atoms with E-state index in [4.69, 9.17) is 16.7 Å². The molecule has 1 saturated carbocycles. The first-order valence-electron chi connectivity index (χ1n) is 7.18. The molecule has 5 nitrogen and oxygen atoms in total. The number of carbonyl (C=O) groups is 2. The zero-order valence-electron chi connectivity index (χ0n) is 12.1. The molecule has 0 radical (unpaired) electrons. The smallest absolute Gasteiger partial charge is 0.307 e. The zero-order chi connectivity index (χ0) is 16.0. The third kappa shape index (κ3) is 2.25. The van der Waals surface area contributed by atoms with Crippen molar-refractivity contribution in [2.24, 2.45) is 5.92 Å². The number of carboxylic acids is 1. The summed E-state index contributed by atoms with van der Waals surface area (Å²) in [5, 5.41) is 19.6. The number of phenols is 1. The number of rotatable bonds is 3. The lowest BCUT2D eigenvalue weighted by atomic mass is 9.84. The number of nitrogens with zero attached hydrogens (tertiary/aromatic N) is 1. The lowest BCUT2D eigenvalue weighted by Gasteiger charge is -2.25. The molecule has 116 valence electrons. The fourth-order valence-corrected chi connectivity index (χ4v) is 3.14. The number of carbonyl (C=O) groups excluding carboxylic acids is 1. The molecular weight excluding hydrogens is 306 g/mol. The third-order valence-corrected chi connectivity index (χ3v) is 4.71. The van der Waals surface area contributed by atoms with Crippen LogP contribution in [0.3, 0.4) is 0 Å². The Morgan fingerprint density at radius 3 is 2.59 bits per heavy atom. The molecule has 1 aromatic carbocycles. The Balaban J connectivity index is 2.25. The molecule has 0 atom stereocenters. The van der Waals surface area contributed by atoms with Gasteiger partial charge in [-0.3, -0.25) is 14.2 Å². The van der Waals surface area contributed by atoms with Crippen LogP contribution in [0.5, 0.6) is 5.75 Å². The summed E-state index contributed by atoms with van der Waals surface area (Å²) in [5.74, 6) is -1.13. The highest BCUT2D eigenvalue weighted by Crippen LogP contribution is 2.36. The lowest BCUT2D eigenvalue weighted by molar-refractivity contribution is -0.136. The molecular formula is C16H16ClNO4. The molecule has 1 aliphatic carbocycles. The van der Waals surface area contributed by atoms with Gasteiger partial charge < -0.3 is 10.2 Å². The normalized spacial score (nSPS) is 15.0. The van der Waals surface area contributed by atoms with E-state index < -0.39 is 5.97 Å². The molecule has 0 bridgehead atoms. The van der Waals surface area contributed by atoms with E-state index in [1.807, 2.05) is 0 Å². The van der Waals surface area contributed by atoms with Crippen LogP contribution in [0.2, 0.25) is 5.02 Å². The fourth-order valence-electron chi connectivity index (χ4n) is 2.98. The lowest BCUT2D eigenvalue weighted by Crippen LogP contribution is -2.28. The van der Waals surface area contributed by atoms with Crippen molar-refractivity contribution in [2.75, 3.05) is 0 Å². The number of fused-ring (bicyclic) bond motifs is 1. The van der Waals surface area contributed by atoms with Gasteiger partial charge in [0, 0.05) is 17.0 Å². The molecule has 0 aliphatic heterocycles. The first-order chi connectivity index (χ1) is 10.4. The Hall–Kier alpha value is -2.01. The van der Waals surface area contributed by atoms with E-state index in [0.29, 0.717) is 22.2 Å². The summed E-state index contributed by atoms with van der Waals surface area (Å²) in [7, 11) is 0. The summed E-state index contributed by atoms with van der Waals surface area (Å²) in [4.78, 5) is 23.8. The third-order valence-electron chi connectivity index (χ3n) is 4.41. The van der Waals surface area contributed by atoms with E-state index in [1.54, 1.807) is 11.5 Å². The second kappa shape index (κ2) is 5.32. The Morgan fingerprint density at radius 1 is 1.36 bits per heavy atom. The molecule has 0 spiro atoms. The zero-order valence-corrected chi connectivity index (χ0v) is 12.9. The van der Waals surface area contributed by atoms with Crippen LogP contribution in [0.25, 0.3) is 10.9 Å². The minimum atomic E-state index is -0.979. The predicted octanol–water partition coefficient (Wildman–Crippen LogP) is 3.38. The van der Waals surface area contributed by atoms with E-state index in [0.717, 1.165) is 19.3 Å². The number of hydrogen-bond acceptors (Lipinski definition) is 3. The highest BCUT2D eigenvalue weighted by Gasteiger charge is 2.30. The SMILES string of the molecule is Cc1c(CC(=O)O)c2cc(O)c(Cl)cc2n1C(=O)C1CCC1. The van der Waals surface area contributed by atoms with Gasteiger partial charge in [-0.1, -0.05) is 18.0 Å². The molecule has 3 rings (SSSR count). The number of aliphatic carboxylic acids is 1. The van der Waals surface area contributed by atoms with Crippen molar-refractivity contribution in [3.05, 3.63) is 28.4 Å². The molecule has 1 aromatic heterocycles. The largest absolute Gasteiger partial charge is 0.506 e. The van der Waals surface area contributed by atoms with Crippen molar-refractivity contribution in [2.45, 2.75) is 32.6 Å². The summed E-state index contributed by atoms with van der Waals surface area (Å²) in [5.41, 5.74) is 1.71. The van der Waals surface area contributed by atoms with Gasteiger partial charge in [0.1, 0.15) is 5.75 Å². The van der Waals surface area contributed by atoms with E-state index in [9.17, 15) is 14.7 Å². The standard InChI is InChI=1S/C16H16ClNO4/c1-8-10(6-15(20)21)11-5-14(19)12(17)7-13(11)18(8)16(22)9-3-2-4-9/h5,7,9,19H,2-4,6H2,1H3,(H,20,21). The maximum absolute atomic E-state index is 12.7. The van der Waals surface area contributed by atoms with Gasteiger partial charge in [0.25, 0.3) is 0 Å². The molecule has 1 fully saturated rings. The Morgan fingerprint density at radius 2 is 2.05 bits per heavy atom. The number of hydrogen-bond donors (Lipinski definition) is 2. The topological polar surface area (TPSA) is 79.5 Å². The fraction of sp³-hybridized carbons (Fsp3) is 0.375. The summed E-state index contributed by atoms with van der Waals surface area (Å²) < 4.78 is 1.56. The number of benzene rings is 1. The number of phenolic OH excluding ortho intramolecular Hbond substituents is 1. The average molecular weight is 322 g/mol. The molecule has 1 heterocycles. The first-order valence-corrected chi connectivity index (χ1v) is 7.56. The Labute approximate surface area is 132 Å². The van der Waals surface area contributed by atoms with Crippen molar-refractivity contribution in [3.63, 3.8) is 0 Å². The van der Waals surface area contributed by atoms with Gasteiger partial charge >= 0.3 is 5.97 Å². The molecule has 6 heteroatoms. The van der Waals surface area contributed by atoms with Crippen LogP contribution < -0.4 is 0 Å². The van der Waals surface area contributed by atoms with Gasteiger partial charge in [-0.2, -0.15) is 0 Å². The van der Waals surface area contributed by atoms with Gasteiger partial charge in [0.05, 0.1) is 17.0 Å². The second-order valence-corrected chi connectivity index (χ2v) is 6.16. The van der Waals surface area contributed by atoms with Crippen LogP contribution in [0, 0.1) is 12.8 Å². The van der Waals surface area contributed by atoms with Gasteiger partial charge in [-0.25, -0.2) is 0 Å². The summed E-state index contributed by atoms with van der Waals surface area (Å²) in [6.45, 7) is 1.74. The second-order valence-electron chi connectivity index (χ2n) is 5.76. The minimum Gasteiger partial charge on any atom is -0.506 e. The average Bonchev–Trinajstić information content (AvgIpc) is 2.61. The van der Waals surface area contributed by atoms with Gasteiger partial charge in [-0.15, -0.1) is 0 Å². The van der Waals surface area contributed by atoms with Crippen molar-refractivity contribution in [1.29, 1.82) is 0 Å². The predicted molar refractivity (Wildman–Crippen MR) is 82.7 cm³/mol. The van der Waals surface area contributed by atoms with E-state index >= 15 is 0 Å². The van der Waals surface area contributed by atoms with E-state index in [1.165, 1.54) is 12.1 Å². The van der Waals surface area contributed by atoms with Gasteiger partial charge in [-0.05, 0) is 37.5 Å². The summed E-state index contributed by atoms with van der Waals surface area (Å²) in [6.07, 6.45) is 2.56. The van der Waals surface area contributed by atoms with Crippen LogP contribution in [0.15, 0.2) is 12.1 Å². The monoisotopic (exact) mass is 321 g/mol. The minimum absolute atomic E-state index is 0.0143. The molecule has 2 N–H and O–H groups in total. The van der Waals surface area contributed by atoms with Gasteiger partial charge in [0.2, 0.25) is 5.91 Å². The molecule has 0 amide bonds. The number of halogens is 1. The number of aromatic hydroxyl groups is 1. The van der Waals surface area contributed by atoms with Crippen molar-refractivity contribution >= 4 is 34.4 Å². The molecule has 1 aliphatic rings. The highest BCUT2D eigenvalue weighted by atomic mass is 35.5. The van der Waals surface area contributed by atoms with Crippen molar-refractivity contribution in [3.8, 4) is 5.75 Å². The van der Waals surface area contributed by atoms with E-state index in [2.05, 4.69) is 0 Å². The number of carboxylic acid groups (broad SMARTS) is 1. The van der Waals surface area contributed by atoms with Crippen molar-refractivity contribution < 1.29 is 19.8 Å². The van der Waals surface area contributed by atoms with Crippen molar-refractivity contribution in [1.82, 2.24) is 4.57 Å². The summed E-state index contributed by atoms with van der Waals surface area (Å²) >= 11 is 5.97. The Bertz CT molecular complexity index is 789. The van der Waals surface area contributed by atoms with Crippen LogP contribution in [0.1, 0.15) is 35.3 Å². The summed E-state index contributed by atoms with van der Waals surface area (Å²) in [6, 6.07) is 2.97. The Kier molecular flexibility index (Phi) is 3.60. The maximum atomic E-state index is 12.7. The quantitative estimate of drug-likeness (QED) is 0.908. The number of aromatic nitrogens is 1.